The first-order valence-electron chi connectivity index (χ1n) is 16.6. The number of allylic oxidation sites excluding steroid dienone is 1. The Bertz CT molecular complexity index is 1280. The number of benzene rings is 1. The molecule has 1 aromatic rings. The van der Waals surface area contributed by atoms with Gasteiger partial charge in [-0.25, -0.2) is 0 Å². The average molecular weight is 622 g/mol. The molecule has 0 saturated carbocycles. The van der Waals surface area contributed by atoms with Crippen LogP contribution in [0, 0.1) is 11.8 Å². The fourth-order valence-electron chi connectivity index (χ4n) is 7.32. The Morgan fingerprint density at radius 3 is 2.51 bits per heavy atom. The Hall–Kier alpha value is -3.50. The quantitative estimate of drug-likeness (QED) is 0.233. The van der Waals surface area contributed by atoms with Crippen molar-refractivity contribution in [3.63, 3.8) is 0 Å². The molecule has 244 valence electrons. The minimum absolute atomic E-state index is 0.0588. The first-order valence-corrected chi connectivity index (χ1v) is 16.6. The molecule has 4 aliphatic heterocycles. The van der Waals surface area contributed by atoms with E-state index in [1.807, 2.05) is 48.6 Å². The summed E-state index contributed by atoms with van der Waals surface area (Å²) in [5.74, 6) is -3.16. The van der Waals surface area contributed by atoms with Gasteiger partial charge in [0, 0.05) is 32.7 Å². The first kappa shape index (κ1) is 32.9. The summed E-state index contributed by atoms with van der Waals surface area (Å²) in [6, 6.07) is 7.83. The number of carbonyl (C=O) groups is 4. The Balaban J connectivity index is 1.54. The van der Waals surface area contributed by atoms with Gasteiger partial charge in [-0.1, -0.05) is 74.4 Å². The Morgan fingerprint density at radius 2 is 1.76 bits per heavy atom. The number of aliphatic hydroxyl groups is 1. The number of rotatable bonds is 10. The first-order chi connectivity index (χ1) is 21.8. The maximum Gasteiger partial charge on any atom is 0.313 e. The highest BCUT2D eigenvalue weighted by Crippen LogP contribution is 2.53. The van der Waals surface area contributed by atoms with Crippen molar-refractivity contribution in [2.24, 2.45) is 11.8 Å². The zero-order chi connectivity index (χ0) is 32.0. The number of nitrogens with one attached hydrogen (secondary N) is 1. The summed E-state index contributed by atoms with van der Waals surface area (Å²) in [4.78, 5) is 59.3. The maximum atomic E-state index is 14.5. The van der Waals surface area contributed by atoms with Gasteiger partial charge >= 0.3 is 5.97 Å². The Kier molecular flexibility index (Phi) is 10.8. The lowest BCUT2D eigenvalue weighted by Crippen LogP contribution is -2.55. The summed E-state index contributed by atoms with van der Waals surface area (Å²) in [5, 5.41) is 12.3. The lowest BCUT2D eigenvalue weighted by Gasteiger charge is -2.35. The minimum Gasteiger partial charge on any atom is -0.455 e. The van der Waals surface area contributed by atoms with Gasteiger partial charge in [-0.2, -0.15) is 0 Å². The highest BCUT2D eigenvalue weighted by molar-refractivity contribution is 5.99. The molecule has 0 aromatic heterocycles. The van der Waals surface area contributed by atoms with Crippen LogP contribution >= 0.6 is 0 Å². The minimum atomic E-state index is -1.34. The van der Waals surface area contributed by atoms with Crippen LogP contribution in [0.4, 0.5) is 0 Å². The second-order valence-corrected chi connectivity index (χ2v) is 12.6. The molecule has 1 aromatic carbocycles. The zero-order valence-corrected chi connectivity index (χ0v) is 26.4. The third-order valence-corrected chi connectivity index (χ3v) is 9.52. The lowest BCUT2D eigenvalue weighted by atomic mass is 9.77. The molecular formula is C35H47N3O7. The normalized spacial score (nSPS) is 32.5. The topological polar surface area (TPSA) is 125 Å². The molecule has 10 nitrogen and oxygen atoms in total. The number of nitrogens with zero attached hydrogens (tertiary/aromatic N) is 2. The van der Waals surface area contributed by atoms with E-state index in [0.717, 1.165) is 24.8 Å². The van der Waals surface area contributed by atoms with Gasteiger partial charge in [0.25, 0.3) is 0 Å². The van der Waals surface area contributed by atoms with Gasteiger partial charge in [0.05, 0.1) is 18.1 Å². The van der Waals surface area contributed by atoms with E-state index >= 15 is 0 Å². The van der Waals surface area contributed by atoms with E-state index in [9.17, 15) is 24.3 Å². The number of aliphatic hydroxyl groups excluding tert-OH is 1. The van der Waals surface area contributed by atoms with Gasteiger partial charge in [0.2, 0.25) is 17.7 Å². The molecule has 0 radical (unpaired) electrons. The van der Waals surface area contributed by atoms with Crippen LogP contribution < -0.4 is 5.32 Å². The molecule has 2 N–H and O–H groups in total. The van der Waals surface area contributed by atoms with E-state index in [1.54, 1.807) is 22.8 Å². The third-order valence-electron chi connectivity index (χ3n) is 9.52. The molecule has 4 aliphatic rings. The molecule has 2 fully saturated rings. The fraction of sp³-hybridized carbons (Fsp3) is 0.600. The van der Waals surface area contributed by atoms with Crippen molar-refractivity contribution in [3.05, 3.63) is 60.2 Å². The molecule has 4 heterocycles. The molecule has 45 heavy (non-hydrogen) atoms. The van der Waals surface area contributed by atoms with Crippen molar-refractivity contribution in [1.29, 1.82) is 0 Å². The summed E-state index contributed by atoms with van der Waals surface area (Å²) in [7, 11) is 0. The molecule has 7 atom stereocenters. The van der Waals surface area contributed by atoms with Gasteiger partial charge in [0.15, 0.2) is 0 Å². The molecule has 0 unspecified atom stereocenters. The van der Waals surface area contributed by atoms with E-state index in [-0.39, 0.29) is 30.7 Å². The van der Waals surface area contributed by atoms with Crippen molar-refractivity contribution in [3.8, 4) is 0 Å². The van der Waals surface area contributed by atoms with Crippen molar-refractivity contribution in [2.75, 3.05) is 26.2 Å². The Labute approximate surface area is 265 Å². The van der Waals surface area contributed by atoms with Gasteiger partial charge in [0.1, 0.15) is 23.7 Å². The van der Waals surface area contributed by atoms with Crippen LogP contribution in [-0.4, -0.2) is 88.6 Å². The number of carbonyl (C=O) groups excluding carboxylic acids is 4. The highest BCUT2D eigenvalue weighted by Gasteiger charge is 2.71. The van der Waals surface area contributed by atoms with E-state index in [4.69, 9.17) is 9.47 Å². The van der Waals surface area contributed by atoms with E-state index < -0.39 is 47.7 Å². The van der Waals surface area contributed by atoms with Crippen LogP contribution in [0.3, 0.4) is 0 Å². The molecule has 3 amide bonds. The van der Waals surface area contributed by atoms with Gasteiger partial charge in [-0.05, 0) is 44.6 Å². The SMILES string of the molecule is CCCCCN1CC=C[C@@]23O[C@H]4/C=C\CCC(=O)N[C@@H](C)[C@H](c5ccccc5)OC(=O)[C@H]4[C@@H]2C(=O)N(CCCCCO)[C@H]3C1=O. The van der Waals surface area contributed by atoms with E-state index in [0.29, 0.717) is 45.3 Å². The van der Waals surface area contributed by atoms with Crippen LogP contribution in [0.1, 0.15) is 76.9 Å². The number of cyclic esters (lactones) is 1. The molecule has 0 aliphatic carbocycles. The number of amides is 3. The summed E-state index contributed by atoms with van der Waals surface area (Å²) in [6.07, 6.45) is 11.2. The van der Waals surface area contributed by atoms with Crippen LogP contribution in [-0.2, 0) is 28.7 Å². The summed E-state index contributed by atoms with van der Waals surface area (Å²) >= 11 is 0. The van der Waals surface area contributed by atoms with Crippen LogP contribution in [0.2, 0.25) is 0 Å². The number of esters is 1. The molecule has 0 bridgehead atoms. The second-order valence-electron chi connectivity index (χ2n) is 12.6. The summed E-state index contributed by atoms with van der Waals surface area (Å²) in [5.41, 5.74) is -0.615. The fourth-order valence-corrected chi connectivity index (χ4v) is 7.32. The summed E-state index contributed by atoms with van der Waals surface area (Å²) in [6.45, 7) is 5.28. The van der Waals surface area contributed by atoms with Crippen molar-refractivity contribution in [2.45, 2.75) is 95.1 Å². The molecule has 2 saturated heterocycles. The van der Waals surface area contributed by atoms with Crippen molar-refractivity contribution >= 4 is 23.7 Å². The predicted molar refractivity (Wildman–Crippen MR) is 168 cm³/mol. The monoisotopic (exact) mass is 621 g/mol. The lowest BCUT2D eigenvalue weighted by molar-refractivity contribution is -0.161. The molecule has 5 rings (SSSR count). The number of ether oxygens (including phenoxy) is 2. The van der Waals surface area contributed by atoms with Gasteiger partial charge in [-0.3, -0.25) is 19.2 Å². The number of fused-ring (bicyclic) bond motifs is 2. The van der Waals surface area contributed by atoms with Gasteiger partial charge in [-0.15, -0.1) is 0 Å². The van der Waals surface area contributed by atoms with Crippen molar-refractivity contribution in [1.82, 2.24) is 15.1 Å². The number of unbranched alkanes of at least 4 members (excludes halogenated alkanes) is 4. The highest BCUT2D eigenvalue weighted by atomic mass is 16.6. The predicted octanol–water partition coefficient (Wildman–Crippen LogP) is 3.46. The zero-order valence-electron chi connectivity index (χ0n) is 26.4. The number of likely N-dealkylation sites (tertiary alicyclic amines) is 1. The second kappa shape index (κ2) is 14.7. The van der Waals surface area contributed by atoms with E-state index in [2.05, 4.69) is 12.2 Å². The average Bonchev–Trinajstić information content (AvgIpc) is 3.41. The maximum absolute atomic E-state index is 14.5. The van der Waals surface area contributed by atoms with Crippen LogP contribution in [0.25, 0.3) is 0 Å². The largest absolute Gasteiger partial charge is 0.455 e. The van der Waals surface area contributed by atoms with Gasteiger partial charge < -0.3 is 29.7 Å². The van der Waals surface area contributed by atoms with E-state index in [1.165, 1.54) is 0 Å². The summed E-state index contributed by atoms with van der Waals surface area (Å²) < 4.78 is 13.0. The molecule has 1 spiro atoms. The molecular weight excluding hydrogens is 574 g/mol. The molecule has 10 heteroatoms. The number of hydrogen-bond donors (Lipinski definition) is 2. The van der Waals surface area contributed by atoms with Crippen LogP contribution in [0.5, 0.6) is 0 Å². The van der Waals surface area contributed by atoms with Crippen LogP contribution in [0.15, 0.2) is 54.6 Å². The standard InChI is InChI=1S/C35H47N3O7/c1-3-4-11-20-37-21-14-19-35-29(32(41)38(31(35)33(37)42)22-12-6-13-23-39)28-26(45-35)17-9-10-18-27(40)36-24(2)30(44-34(28)43)25-15-7-5-8-16-25/h5,7-9,14-17,19,24,26,28-31,39H,3-4,6,10-13,18,20-23H2,1-2H3,(H,36,40)/b17-9-/t24-,26-,28+,29+,30+,31-,35+/m0/s1. The van der Waals surface area contributed by atoms with Crippen molar-refractivity contribution < 1.29 is 33.8 Å². The third kappa shape index (κ3) is 6.72. The smallest absolute Gasteiger partial charge is 0.313 e. The number of hydrogen-bond acceptors (Lipinski definition) is 7. The Morgan fingerprint density at radius 1 is 0.978 bits per heavy atom.